The third kappa shape index (κ3) is 3.90. The Morgan fingerprint density at radius 1 is 1.19 bits per heavy atom. The van der Waals surface area contributed by atoms with Crippen LogP contribution in [0.5, 0.6) is 0 Å². The monoisotopic (exact) mass is 305 g/mol. The van der Waals surface area contributed by atoms with Gasteiger partial charge in [-0.3, -0.25) is 0 Å². The minimum absolute atomic E-state index is 0.265. The molecule has 2 rings (SSSR count). The number of furan rings is 1. The molecule has 1 heterocycles. The summed E-state index contributed by atoms with van der Waals surface area (Å²) >= 11 is 6.11. The standard InChI is InChI=1S/C18H24ClNO/c1-5-9-20-17(11-15-7-6-8-16(19)10-15)18-12(2)13(3)21-14(18)4/h6-8,10,17,20H,5,9,11H2,1-4H3. The van der Waals surface area contributed by atoms with Crippen LogP contribution in [0, 0.1) is 20.8 Å². The summed E-state index contributed by atoms with van der Waals surface area (Å²) in [7, 11) is 0. The zero-order valence-electron chi connectivity index (χ0n) is 13.3. The number of hydrogen-bond donors (Lipinski definition) is 1. The van der Waals surface area contributed by atoms with Crippen LogP contribution in [-0.4, -0.2) is 6.54 Å². The van der Waals surface area contributed by atoms with Gasteiger partial charge in [-0.05, 0) is 63.4 Å². The maximum absolute atomic E-state index is 6.11. The van der Waals surface area contributed by atoms with Crippen molar-refractivity contribution in [1.29, 1.82) is 0 Å². The van der Waals surface area contributed by atoms with Crippen molar-refractivity contribution < 1.29 is 4.42 Å². The topological polar surface area (TPSA) is 25.2 Å². The number of hydrogen-bond acceptors (Lipinski definition) is 2. The molecular formula is C18H24ClNO. The Labute approximate surface area is 132 Å². The fraction of sp³-hybridized carbons (Fsp3) is 0.444. The Kier molecular flexibility index (Phi) is 5.49. The molecule has 2 aromatic rings. The molecule has 0 saturated heterocycles. The van der Waals surface area contributed by atoms with Crippen molar-refractivity contribution >= 4 is 11.6 Å². The molecular weight excluding hydrogens is 282 g/mol. The number of rotatable bonds is 6. The predicted octanol–water partition coefficient (Wildman–Crippen LogP) is 5.14. The molecule has 1 aromatic carbocycles. The van der Waals surface area contributed by atoms with Crippen molar-refractivity contribution in [2.75, 3.05) is 6.54 Å². The van der Waals surface area contributed by atoms with Crippen LogP contribution in [0.25, 0.3) is 0 Å². The molecule has 0 saturated carbocycles. The van der Waals surface area contributed by atoms with E-state index in [1.54, 1.807) is 0 Å². The zero-order chi connectivity index (χ0) is 15.4. The van der Waals surface area contributed by atoms with E-state index in [2.05, 4.69) is 25.2 Å². The van der Waals surface area contributed by atoms with Crippen LogP contribution in [0.15, 0.2) is 28.7 Å². The van der Waals surface area contributed by atoms with Gasteiger partial charge in [-0.15, -0.1) is 0 Å². The van der Waals surface area contributed by atoms with E-state index in [0.29, 0.717) is 0 Å². The number of halogens is 1. The Morgan fingerprint density at radius 2 is 1.95 bits per heavy atom. The van der Waals surface area contributed by atoms with E-state index in [1.165, 1.54) is 16.7 Å². The summed E-state index contributed by atoms with van der Waals surface area (Å²) in [6.07, 6.45) is 2.03. The van der Waals surface area contributed by atoms with Crippen molar-refractivity contribution in [2.24, 2.45) is 0 Å². The van der Waals surface area contributed by atoms with Gasteiger partial charge in [-0.25, -0.2) is 0 Å². The van der Waals surface area contributed by atoms with E-state index in [0.717, 1.165) is 35.9 Å². The van der Waals surface area contributed by atoms with Gasteiger partial charge in [-0.1, -0.05) is 30.7 Å². The largest absolute Gasteiger partial charge is 0.466 e. The summed E-state index contributed by atoms with van der Waals surface area (Å²) in [5.74, 6) is 2.03. The van der Waals surface area contributed by atoms with E-state index in [9.17, 15) is 0 Å². The van der Waals surface area contributed by atoms with Gasteiger partial charge >= 0.3 is 0 Å². The molecule has 1 N–H and O–H groups in total. The van der Waals surface area contributed by atoms with Crippen molar-refractivity contribution in [2.45, 2.75) is 46.6 Å². The maximum Gasteiger partial charge on any atom is 0.106 e. The van der Waals surface area contributed by atoms with Gasteiger partial charge in [0, 0.05) is 16.6 Å². The van der Waals surface area contributed by atoms with E-state index in [1.807, 2.05) is 32.0 Å². The smallest absolute Gasteiger partial charge is 0.106 e. The van der Waals surface area contributed by atoms with Crippen LogP contribution in [0.2, 0.25) is 5.02 Å². The Bertz CT molecular complexity index is 603. The second kappa shape index (κ2) is 7.15. The number of nitrogens with one attached hydrogen (secondary N) is 1. The summed E-state index contributed by atoms with van der Waals surface area (Å²) in [6.45, 7) is 9.40. The number of aryl methyl sites for hydroxylation is 2. The van der Waals surface area contributed by atoms with Crippen LogP contribution >= 0.6 is 11.6 Å². The van der Waals surface area contributed by atoms with E-state index < -0.39 is 0 Å². The highest BCUT2D eigenvalue weighted by atomic mass is 35.5. The molecule has 0 aliphatic rings. The second-order valence-corrected chi connectivity index (χ2v) is 6.03. The van der Waals surface area contributed by atoms with Gasteiger partial charge in [0.2, 0.25) is 0 Å². The summed E-state index contributed by atoms with van der Waals surface area (Å²) in [5, 5.41) is 4.44. The van der Waals surface area contributed by atoms with Crippen LogP contribution < -0.4 is 5.32 Å². The molecule has 1 atom stereocenters. The molecule has 0 bridgehead atoms. The molecule has 114 valence electrons. The lowest BCUT2D eigenvalue weighted by molar-refractivity contribution is 0.480. The van der Waals surface area contributed by atoms with Gasteiger partial charge in [-0.2, -0.15) is 0 Å². The van der Waals surface area contributed by atoms with Crippen LogP contribution in [0.1, 0.15) is 47.6 Å². The molecule has 21 heavy (non-hydrogen) atoms. The lowest BCUT2D eigenvalue weighted by Gasteiger charge is -2.19. The first-order valence-corrected chi connectivity index (χ1v) is 7.95. The molecule has 0 fully saturated rings. The minimum atomic E-state index is 0.265. The van der Waals surface area contributed by atoms with Crippen molar-refractivity contribution in [3.05, 3.63) is 57.5 Å². The fourth-order valence-electron chi connectivity index (χ4n) is 2.82. The van der Waals surface area contributed by atoms with Gasteiger partial charge in [0.25, 0.3) is 0 Å². The molecule has 0 aliphatic carbocycles. The molecule has 3 heteroatoms. The minimum Gasteiger partial charge on any atom is -0.466 e. The first kappa shape index (κ1) is 16.1. The second-order valence-electron chi connectivity index (χ2n) is 5.59. The Morgan fingerprint density at radius 3 is 2.52 bits per heavy atom. The van der Waals surface area contributed by atoms with Crippen molar-refractivity contribution in [3.8, 4) is 0 Å². The van der Waals surface area contributed by atoms with Crippen LogP contribution in [0.3, 0.4) is 0 Å². The average molecular weight is 306 g/mol. The van der Waals surface area contributed by atoms with E-state index >= 15 is 0 Å². The Balaban J connectivity index is 2.29. The lowest BCUT2D eigenvalue weighted by Crippen LogP contribution is -2.25. The molecule has 0 aliphatic heterocycles. The fourth-order valence-corrected chi connectivity index (χ4v) is 3.03. The van der Waals surface area contributed by atoms with E-state index in [-0.39, 0.29) is 6.04 Å². The van der Waals surface area contributed by atoms with Crippen molar-refractivity contribution in [3.63, 3.8) is 0 Å². The van der Waals surface area contributed by atoms with Crippen LogP contribution in [-0.2, 0) is 6.42 Å². The summed E-state index contributed by atoms with van der Waals surface area (Å²) in [6, 6.07) is 8.36. The molecule has 0 spiro atoms. The maximum atomic E-state index is 6.11. The van der Waals surface area contributed by atoms with Crippen LogP contribution in [0.4, 0.5) is 0 Å². The Hall–Kier alpha value is -1.25. The SMILES string of the molecule is CCCNC(Cc1cccc(Cl)c1)c1c(C)oc(C)c1C. The lowest BCUT2D eigenvalue weighted by atomic mass is 9.95. The third-order valence-electron chi connectivity index (χ3n) is 3.94. The first-order chi connectivity index (χ1) is 10.0. The van der Waals surface area contributed by atoms with Crippen molar-refractivity contribution in [1.82, 2.24) is 5.32 Å². The van der Waals surface area contributed by atoms with Gasteiger partial charge in [0.05, 0.1) is 0 Å². The molecule has 2 nitrogen and oxygen atoms in total. The molecule has 1 unspecified atom stereocenters. The summed E-state index contributed by atoms with van der Waals surface area (Å²) in [4.78, 5) is 0. The summed E-state index contributed by atoms with van der Waals surface area (Å²) < 4.78 is 5.80. The quantitative estimate of drug-likeness (QED) is 0.799. The normalized spacial score (nSPS) is 12.6. The molecule has 0 amide bonds. The highest BCUT2D eigenvalue weighted by molar-refractivity contribution is 6.30. The van der Waals surface area contributed by atoms with Gasteiger partial charge in [0.15, 0.2) is 0 Å². The van der Waals surface area contributed by atoms with Gasteiger partial charge < -0.3 is 9.73 Å². The highest BCUT2D eigenvalue weighted by Gasteiger charge is 2.21. The average Bonchev–Trinajstić information content (AvgIpc) is 2.68. The predicted molar refractivity (Wildman–Crippen MR) is 89.1 cm³/mol. The first-order valence-electron chi connectivity index (χ1n) is 7.57. The molecule has 1 aromatic heterocycles. The molecule has 0 radical (unpaired) electrons. The zero-order valence-corrected chi connectivity index (χ0v) is 14.1. The summed E-state index contributed by atoms with van der Waals surface area (Å²) in [5.41, 5.74) is 3.79. The third-order valence-corrected chi connectivity index (χ3v) is 4.17. The number of benzene rings is 1. The van der Waals surface area contributed by atoms with E-state index in [4.69, 9.17) is 16.0 Å². The highest BCUT2D eigenvalue weighted by Crippen LogP contribution is 2.29. The van der Waals surface area contributed by atoms with Gasteiger partial charge in [0.1, 0.15) is 11.5 Å².